The quantitative estimate of drug-likeness (QED) is 0.216. The lowest BCUT2D eigenvalue weighted by Crippen LogP contribution is -2.46. The average molecular weight is 258 g/mol. The van der Waals surface area contributed by atoms with Crippen molar-refractivity contribution in [1.82, 2.24) is 0 Å². The first-order valence-corrected chi connectivity index (χ1v) is 5.82. The third kappa shape index (κ3) is 2.77. The van der Waals surface area contributed by atoms with Crippen LogP contribution in [0.15, 0.2) is 0 Å². The van der Waals surface area contributed by atoms with Crippen molar-refractivity contribution < 1.29 is 44.3 Å². The molecule has 0 aromatic rings. The van der Waals surface area contributed by atoms with Crippen molar-refractivity contribution in [2.75, 3.05) is 0 Å². The Balaban J connectivity index is 2.63. The SMILES string of the molecule is O=C1OC1C(O)C(O)C(O)C(O)P(=O)(O)O. The highest BCUT2D eigenvalue weighted by Gasteiger charge is 2.51. The van der Waals surface area contributed by atoms with Crippen molar-refractivity contribution in [2.45, 2.75) is 30.3 Å². The van der Waals surface area contributed by atoms with Crippen molar-refractivity contribution in [2.24, 2.45) is 0 Å². The highest BCUT2D eigenvalue weighted by Crippen LogP contribution is 2.42. The summed E-state index contributed by atoms with van der Waals surface area (Å²) in [5, 5.41) is 36.5. The van der Waals surface area contributed by atoms with Crippen molar-refractivity contribution in [3.63, 3.8) is 0 Å². The predicted molar refractivity (Wildman–Crippen MR) is 46.0 cm³/mol. The molecule has 5 unspecified atom stereocenters. The maximum absolute atomic E-state index is 10.5. The molecular formula is C6H11O9P. The molecule has 1 aliphatic heterocycles. The number of rotatable bonds is 5. The number of hydrogen-bond donors (Lipinski definition) is 6. The van der Waals surface area contributed by atoms with Crippen molar-refractivity contribution in [3.05, 3.63) is 0 Å². The second kappa shape index (κ2) is 4.38. The summed E-state index contributed by atoms with van der Waals surface area (Å²) in [6.45, 7) is 0. The molecule has 0 aromatic heterocycles. The number of carbonyl (C=O) groups excluding carboxylic acids is 1. The van der Waals surface area contributed by atoms with Crippen LogP contribution in [-0.4, -0.2) is 66.4 Å². The number of epoxide rings is 1. The van der Waals surface area contributed by atoms with E-state index in [9.17, 15) is 19.6 Å². The third-order valence-electron chi connectivity index (χ3n) is 2.08. The largest absolute Gasteiger partial charge is 0.445 e. The number of aliphatic hydroxyl groups is 4. The second-order valence-electron chi connectivity index (χ2n) is 3.33. The Morgan fingerprint density at radius 1 is 1.12 bits per heavy atom. The molecule has 0 saturated carbocycles. The number of carbonyl (C=O) groups is 1. The fourth-order valence-electron chi connectivity index (χ4n) is 1.06. The molecule has 94 valence electrons. The zero-order chi connectivity index (χ0) is 12.7. The van der Waals surface area contributed by atoms with Gasteiger partial charge in [-0.1, -0.05) is 0 Å². The fraction of sp³-hybridized carbons (Fsp3) is 0.833. The molecule has 0 aromatic carbocycles. The van der Waals surface area contributed by atoms with Crippen LogP contribution in [0.4, 0.5) is 0 Å². The zero-order valence-corrected chi connectivity index (χ0v) is 8.64. The maximum Gasteiger partial charge on any atom is 0.356 e. The molecule has 10 heteroatoms. The fourth-order valence-corrected chi connectivity index (χ4v) is 1.63. The number of ether oxygens (including phenoxy) is 1. The van der Waals surface area contributed by atoms with Gasteiger partial charge in [0, 0.05) is 0 Å². The van der Waals surface area contributed by atoms with Crippen molar-refractivity contribution in [1.29, 1.82) is 0 Å². The van der Waals surface area contributed by atoms with E-state index in [0.29, 0.717) is 0 Å². The van der Waals surface area contributed by atoms with E-state index in [1.165, 1.54) is 0 Å². The first-order valence-electron chi connectivity index (χ1n) is 4.14. The highest BCUT2D eigenvalue weighted by molar-refractivity contribution is 7.52. The molecule has 6 N–H and O–H groups in total. The van der Waals surface area contributed by atoms with Gasteiger partial charge in [0.05, 0.1) is 0 Å². The molecule has 1 heterocycles. The summed E-state index contributed by atoms with van der Waals surface area (Å²) in [7, 11) is -5.02. The van der Waals surface area contributed by atoms with Crippen LogP contribution in [-0.2, 0) is 14.1 Å². The van der Waals surface area contributed by atoms with Gasteiger partial charge in [0.25, 0.3) is 0 Å². The molecular weight excluding hydrogens is 247 g/mol. The molecule has 1 aliphatic rings. The van der Waals surface area contributed by atoms with Gasteiger partial charge in [0.2, 0.25) is 6.10 Å². The van der Waals surface area contributed by atoms with E-state index in [1.807, 2.05) is 0 Å². The van der Waals surface area contributed by atoms with Gasteiger partial charge in [-0.25, -0.2) is 4.79 Å². The molecule has 1 saturated heterocycles. The normalized spacial score (nSPS) is 27.9. The summed E-state index contributed by atoms with van der Waals surface area (Å²) in [4.78, 5) is 27.4. The average Bonchev–Trinajstić information content (AvgIpc) is 2.89. The van der Waals surface area contributed by atoms with Crippen LogP contribution < -0.4 is 0 Å². The minimum absolute atomic E-state index is 0.815. The second-order valence-corrected chi connectivity index (χ2v) is 5.04. The van der Waals surface area contributed by atoms with Crippen molar-refractivity contribution >= 4 is 13.6 Å². The van der Waals surface area contributed by atoms with Gasteiger partial charge < -0.3 is 34.9 Å². The lowest BCUT2D eigenvalue weighted by atomic mass is 10.1. The van der Waals surface area contributed by atoms with E-state index in [4.69, 9.17) is 20.0 Å². The first kappa shape index (κ1) is 13.5. The third-order valence-corrected chi connectivity index (χ3v) is 3.07. The summed E-state index contributed by atoms with van der Waals surface area (Å²) in [6, 6.07) is 0. The topological polar surface area (TPSA) is 168 Å². The molecule has 0 aliphatic carbocycles. The van der Waals surface area contributed by atoms with E-state index in [2.05, 4.69) is 4.74 Å². The van der Waals surface area contributed by atoms with Crippen LogP contribution in [0, 0.1) is 0 Å². The Morgan fingerprint density at radius 2 is 1.56 bits per heavy atom. The van der Waals surface area contributed by atoms with Crippen molar-refractivity contribution in [3.8, 4) is 0 Å². The van der Waals surface area contributed by atoms with Crippen LogP contribution in [0.2, 0.25) is 0 Å². The summed E-state index contributed by atoms with van der Waals surface area (Å²) in [6.07, 6.45) is -7.61. The smallest absolute Gasteiger partial charge is 0.356 e. The van der Waals surface area contributed by atoms with E-state index in [-0.39, 0.29) is 0 Å². The van der Waals surface area contributed by atoms with Crippen LogP contribution in [0.25, 0.3) is 0 Å². The molecule has 0 spiro atoms. The molecule has 0 radical (unpaired) electrons. The van der Waals surface area contributed by atoms with Gasteiger partial charge in [-0.2, -0.15) is 0 Å². The van der Waals surface area contributed by atoms with E-state index < -0.39 is 43.8 Å². The standard InChI is InChI=1S/C6H11O9P/c7-1(2(8)4-5(10)15-4)3(9)6(11)16(12,13)14/h1-4,6-9,11H,(H2,12,13,14). The van der Waals surface area contributed by atoms with E-state index >= 15 is 0 Å². The summed E-state index contributed by atoms with van der Waals surface area (Å²) < 4.78 is 14.7. The van der Waals surface area contributed by atoms with Gasteiger partial charge in [-0.3, -0.25) is 4.57 Å². The van der Waals surface area contributed by atoms with E-state index in [0.717, 1.165) is 0 Å². The number of cyclic esters (lactones) is 1. The molecule has 16 heavy (non-hydrogen) atoms. The molecule has 5 atom stereocenters. The molecule has 0 amide bonds. The summed E-state index contributed by atoms with van der Waals surface area (Å²) >= 11 is 0. The Hall–Kier alpha value is -0.540. The predicted octanol–water partition coefficient (Wildman–Crippen LogP) is -3.51. The Bertz CT molecular complexity index is 324. The van der Waals surface area contributed by atoms with Gasteiger partial charge in [0.15, 0.2) is 5.85 Å². The van der Waals surface area contributed by atoms with Crippen LogP contribution in [0.3, 0.4) is 0 Å². The highest BCUT2D eigenvalue weighted by atomic mass is 31.2. The lowest BCUT2D eigenvalue weighted by Gasteiger charge is -2.25. The summed E-state index contributed by atoms with van der Waals surface area (Å²) in [5.41, 5.74) is 0. The Labute approximate surface area is 89.1 Å². The molecule has 1 fully saturated rings. The van der Waals surface area contributed by atoms with Gasteiger partial charge in [-0.15, -0.1) is 0 Å². The van der Waals surface area contributed by atoms with Gasteiger partial charge >= 0.3 is 13.6 Å². The monoisotopic (exact) mass is 258 g/mol. The summed E-state index contributed by atoms with van der Waals surface area (Å²) in [5.74, 6) is -3.37. The zero-order valence-electron chi connectivity index (χ0n) is 7.74. The minimum Gasteiger partial charge on any atom is -0.445 e. The lowest BCUT2D eigenvalue weighted by molar-refractivity contribution is -0.117. The molecule has 0 bridgehead atoms. The number of hydrogen-bond acceptors (Lipinski definition) is 7. The van der Waals surface area contributed by atoms with Crippen LogP contribution in [0.5, 0.6) is 0 Å². The minimum atomic E-state index is -5.02. The first-order chi connectivity index (χ1) is 7.16. The van der Waals surface area contributed by atoms with Crippen LogP contribution in [0.1, 0.15) is 0 Å². The van der Waals surface area contributed by atoms with Crippen LogP contribution >= 0.6 is 7.60 Å². The molecule has 1 rings (SSSR count). The Kier molecular flexibility index (Phi) is 3.70. The Morgan fingerprint density at radius 3 is 1.88 bits per heavy atom. The van der Waals surface area contributed by atoms with E-state index in [1.54, 1.807) is 0 Å². The molecule has 9 nitrogen and oxygen atoms in total. The van der Waals surface area contributed by atoms with Gasteiger partial charge in [-0.05, 0) is 0 Å². The number of aliphatic hydroxyl groups excluding tert-OH is 4. The maximum atomic E-state index is 10.5. The van der Waals surface area contributed by atoms with Gasteiger partial charge in [0.1, 0.15) is 18.3 Å².